The average Bonchev–Trinajstić information content (AvgIpc) is 2.94. The Morgan fingerprint density at radius 1 is 1.15 bits per heavy atom. The minimum absolute atomic E-state index is 0.268. The molecule has 0 radical (unpaired) electrons. The van der Waals surface area contributed by atoms with Gasteiger partial charge in [-0.3, -0.25) is 4.79 Å². The molecule has 0 saturated carbocycles. The third-order valence-electron chi connectivity index (χ3n) is 4.49. The van der Waals surface area contributed by atoms with Crippen molar-refractivity contribution in [3.8, 4) is 0 Å². The highest BCUT2D eigenvalue weighted by molar-refractivity contribution is 5.90. The molecule has 1 saturated heterocycles. The molecule has 1 aromatic rings. The van der Waals surface area contributed by atoms with E-state index in [0.29, 0.717) is 6.54 Å². The predicted octanol–water partition coefficient (Wildman–Crippen LogP) is 3.54. The van der Waals surface area contributed by atoms with E-state index in [1.54, 1.807) is 13.0 Å². The van der Waals surface area contributed by atoms with E-state index in [1.807, 2.05) is 19.1 Å². The molecule has 2 rings (SSSR count). The van der Waals surface area contributed by atoms with Gasteiger partial charge in [0.15, 0.2) is 6.10 Å². The molecule has 0 aliphatic carbocycles. The van der Waals surface area contributed by atoms with E-state index in [9.17, 15) is 9.59 Å². The van der Waals surface area contributed by atoms with Crippen LogP contribution in [0.1, 0.15) is 51.5 Å². The van der Waals surface area contributed by atoms with E-state index in [4.69, 9.17) is 4.74 Å². The smallest absolute Gasteiger partial charge is 0.331 e. The first-order valence-corrected chi connectivity index (χ1v) is 9.61. The highest BCUT2D eigenvalue weighted by Gasteiger charge is 2.15. The molecule has 1 N–H and O–H groups in total. The standard InChI is InChI=1S/C21H30N2O3/c1-3-14-22-21(25)17(2)26-20(24)13-10-18-8-11-19(12-9-18)23-15-6-4-5-7-16-23/h8-13,17H,3-7,14-16H2,1-2H3,(H,22,25)/b13-10+/t17-/m1/s1. The summed E-state index contributed by atoms with van der Waals surface area (Å²) in [5.74, 6) is -0.781. The van der Waals surface area contributed by atoms with Gasteiger partial charge in [-0.15, -0.1) is 0 Å². The molecule has 1 amide bonds. The quantitative estimate of drug-likeness (QED) is 0.598. The number of amides is 1. The molecule has 26 heavy (non-hydrogen) atoms. The second kappa shape index (κ2) is 10.6. The number of ether oxygens (including phenoxy) is 1. The molecule has 1 atom stereocenters. The summed E-state index contributed by atoms with van der Waals surface area (Å²) in [5.41, 5.74) is 2.16. The number of hydrogen-bond donors (Lipinski definition) is 1. The van der Waals surface area contributed by atoms with E-state index >= 15 is 0 Å². The second-order valence-corrected chi connectivity index (χ2v) is 6.70. The monoisotopic (exact) mass is 358 g/mol. The van der Waals surface area contributed by atoms with Crippen molar-refractivity contribution in [1.29, 1.82) is 0 Å². The topological polar surface area (TPSA) is 58.6 Å². The summed E-state index contributed by atoms with van der Waals surface area (Å²) in [6.45, 7) is 6.35. The number of nitrogens with one attached hydrogen (secondary N) is 1. The van der Waals surface area contributed by atoms with Gasteiger partial charge in [0, 0.05) is 31.4 Å². The molecule has 5 nitrogen and oxygen atoms in total. The molecule has 5 heteroatoms. The number of rotatable bonds is 7. The number of esters is 1. The molecule has 1 aliphatic rings. The van der Waals surface area contributed by atoms with Crippen molar-refractivity contribution in [2.75, 3.05) is 24.5 Å². The summed E-state index contributed by atoms with van der Waals surface area (Å²) in [4.78, 5) is 26.0. The van der Waals surface area contributed by atoms with E-state index in [1.165, 1.54) is 37.4 Å². The molecular formula is C21H30N2O3. The number of carbonyl (C=O) groups excluding carboxylic acids is 2. The van der Waals surface area contributed by atoms with Gasteiger partial charge in [-0.25, -0.2) is 4.79 Å². The van der Waals surface area contributed by atoms with Crippen molar-refractivity contribution in [3.05, 3.63) is 35.9 Å². The Labute approximate surface area is 156 Å². The normalized spacial score (nSPS) is 16.2. The molecule has 0 bridgehead atoms. The fraction of sp³-hybridized carbons (Fsp3) is 0.524. The molecule has 1 aliphatic heterocycles. The van der Waals surface area contributed by atoms with Gasteiger partial charge in [0.25, 0.3) is 5.91 Å². The molecule has 1 fully saturated rings. The van der Waals surface area contributed by atoms with Gasteiger partial charge >= 0.3 is 5.97 Å². The van der Waals surface area contributed by atoms with Crippen LogP contribution in [0.4, 0.5) is 5.69 Å². The van der Waals surface area contributed by atoms with E-state index in [-0.39, 0.29) is 5.91 Å². The van der Waals surface area contributed by atoms with Crippen molar-refractivity contribution in [2.45, 2.75) is 52.1 Å². The maximum absolute atomic E-state index is 11.9. The fourth-order valence-corrected chi connectivity index (χ4v) is 2.95. The van der Waals surface area contributed by atoms with Crippen LogP contribution < -0.4 is 10.2 Å². The molecule has 0 aromatic heterocycles. The van der Waals surface area contributed by atoms with Crippen molar-refractivity contribution in [3.63, 3.8) is 0 Å². The Kier molecular flexibility index (Phi) is 8.19. The van der Waals surface area contributed by atoms with Gasteiger partial charge < -0.3 is 15.0 Å². The molecule has 1 aromatic carbocycles. The van der Waals surface area contributed by atoms with E-state index in [2.05, 4.69) is 22.3 Å². The zero-order valence-electron chi connectivity index (χ0n) is 15.9. The van der Waals surface area contributed by atoms with Crippen LogP contribution in [0, 0.1) is 0 Å². The number of carbonyl (C=O) groups is 2. The lowest BCUT2D eigenvalue weighted by molar-refractivity contribution is -0.150. The number of anilines is 1. The van der Waals surface area contributed by atoms with Crippen LogP contribution in [0.5, 0.6) is 0 Å². The summed E-state index contributed by atoms with van der Waals surface area (Å²) in [6, 6.07) is 8.19. The van der Waals surface area contributed by atoms with Crippen LogP contribution in [0.25, 0.3) is 6.08 Å². The summed E-state index contributed by atoms with van der Waals surface area (Å²) in [7, 11) is 0. The maximum atomic E-state index is 11.9. The lowest BCUT2D eigenvalue weighted by Crippen LogP contribution is -2.35. The first kappa shape index (κ1) is 20.0. The van der Waals surface area contributed by atoms with Crippen LogP contribution in [0.3, 0.4) is 0 Å². The zero-order chi connectivity index (χ0) is 18.8. The summed E-state index contributed by atoms with van der Waals surface area (Å²) in [5, 5.41) is 2.71. The summed E-state index contributed by atoms with van der Waals surface area (Å²) >= 11 is 0. The van der Waals surface area contributed by atoms with Crippen LogP contribution >= 0.6 is 0 Å². The van der Waals surface area contributed by atoms with Gasteiger partial charge in [-0.05, 0) is 50.0 Å². The largest absolute Gasteiger partial charge is 0.449 e. The number of hydrogen-bond acceptors (Lipinski definition) is 4. The van der Waals surface area contributed by atoms with E-state index in [0.717, 1.165) is 25.1 Å². The Morgan fingerprint density at radius 3 is 2.42 bits per heavy atom. The van der Waals surface area contributed by atoms with Crippen molar-refractivity contribution >= 4 is 23.6 Å². The van der Waals surface area contributed by atoms with Crippen molar-refractivity contribution in [2.24, 2.45) is 0 Å². The van der Waals surface area contributed by atoms with Gasteiger partial charge in [-0.2, -0.15) is 0 Å². The molecular weight excluding hydrogens is 328 g/mol. The SMILES string of the molecule is CCCNC(=O)[C@@H](C)OC(=O)/C=C/c1ccc(N2CCCCCC2)cc1. The molecule has 0 unspecified atom stereocenters. The minimum atomic E-state index is -0.788. The van der Waals surface area contributed by atoms with Crippen molar-refractivity contribution in [1.82, 2.24) is 5.32 Å². The lowest BCUT2D eigenvalue weighted by Gasteiger charge is -2.22. The molecule has 0 spiro atoms. The highest BCUT2D eigenvalue weighted by Crippen LogP contribution is 2.20. The summed E-state index contributed by atoms with van der Waals surface area (Å²) in [6.07, 6.45) is 8.26. The van der Waals surface area contributed by atoms with Crippen LogP contribution in [-0.4, -0.2) is 37.6 Å². The number of benzene rings is 1. The van der Waals surface area contributed by atoms with Gasteiger partial charge in [0.2, 0.25) is 0 Å². The Bertz CT molecular complexity index is 602. The first-order chi connectivity index (χ1) is 12.6. The predicted molar refractivity (Wildman–Crippen MR) is 105 cm³/mol. The van der Waals surface area contributed by atoms with Crippen molar-refractivity contribution < 1.29 is 14.3 Å². The highest BCUT2D eigenvalue weighted by atomic mass is 16.5. The third-order valence-corrected chi connectivity index (χ3v) is 4.49. The third kappa shape index (κ3) is 6.54. The zero-order valence-corrected chi connectivity index (χ0v) is 15.9. The molecule has 142 valence electrons. The fourth-order valence-electron chi connectivity index (χ4n) is 2.95. The Balaban J connectivity index is 1.85. The second-order valence-electron chi connectivity index (χ2n) is 6.70. The van der Waals surface area contributed by atoms with Gasteiger partial charge in [0.1, 0.15) is 0 Å². The van der Waals surface area contributed by atoms with Gasteiger partial charge in [0.05, 0.1) is 0 Å². The first-order valence-electron chi connectivity index (χ1n) is 9.61. The van der Waals surface area contributed by atoms with Crippen LogP contribution in [-0.2, 0) is 14.3 Å². The van der Waals surface area contributed by atoms with Crippen LogP contribution in [0.2, 0.25) is 0 Å². The maximum Gasteiger partial charge on any atom is 0.331 e. The Morgan fingerprint density at radius 2 is 1.81 bits per heavy atom. The van der Waals surface area contributed by atoms with Crippen LogP contribution in [0.15, 0.2) is 30.3 Å². The minimum Gasteiger partial charge on any atom is -0.449 e. The van der Waals surface area contributed by atoms with E-state index < -0.39 is 12.1 Å². The molecule has 1 heterocycles. The van der Waals surface area contributed by atoms with Gasteiger partial charge in [-0.1, -0.05) is 31.9 Å². The summed E-state index contributed by atoms with van der Waals surface area (Å²) < 4.78 is 5.12. The Hall–Kier alpha value is -2.30. The lowest BCUT2D eigenvalue weighted by atomic mass is 10.1. The number of nitrogens with zero attached hydrogens (tertiary/aromatic N) is 1. The average molecular weight is 358 g/mol.